The minimum Gasteiger partial charge on any atom is -0.475 e. The summed E-state index contributed by atoms with van der Waals surface area (Å²) in [6.07, 6.45) is 5.65. The Morgan fingerprint density at radius 1 is 1.38 bits per heavy atom. The number of aromatic nitrogens is 3. The first kappa shape index (κ1) is 11.0. The lowest BCUT2D eigenvalue weighted by atomic mass is 10.2. The van der Waals surface area contributed by atoms with Crippen molar-refractivity contribution in [2.75, 3.05) is 6.61 Å². The second kappa shape index (κ2) is 5.55. The highest BCUT2D eigenvalue weighted by atomic mass is 32.1. The lowest BCUT2D eigenvalue weighted by molar-refractivity contribution is 0.301. The summed E-state index contributed by atoms with van der Waals surface area (Å²) in [5.41, 5.74) is 1.73. The van der Waals surface area contributed by atoms with Gasteiger partial charge in [-0.25, -0.2) is 0 Å². The van der Waals surface area contributed by atoms with E-state index in [0.717, 1.165) is 24.1 Å². The van der Waals surface area contributed by atoms with E-state index in [1.165, 1.54) is 11.7 Å². The first-order valence-corrected chi connectivity index (χ1v) is 6.00. The number of nitrogens with zero attached hydrogens (tertiary/aromatic N) is 3. The number of ether oxygens (including phenoxy) is 1. The molecule has 0 unspecified atom stereocenters. The third-order valence-corrected chi connectivity index (χ3v) is 2.64. The molecule has 16 heavy (non-hydrogen) atoms. The predicted molar refractivity (Wildman–Crippen MR) is 63.5 cm³/mol. The summed E-state index contributed by atoms with van der Waals surface area (Å²) in [6.45, 7) is 2.82. The van der Waals surface area contributed by atoms with Crippen molar-refractivity contribution in [3.05, 3.63) is 24.5 Å². The van der Waals surface area contributed by atoms with Gasteiger partial charge in [0.2, 0.25) is 0 Å². The molecule has 84 valence electrons. The second-order valence-corrected chi connectivity index (χ2v) is 3.89. The number of hydrogen-bond donors (Lipinski definition) is 0. The maximum Gasteiger partial charge on any atom is 0.254 e. The highest BCUT2D eigenvalue weighted by Gasteiger charge is 2.11. The summed E-state index contributed by atoms with van der Waals surface area (Å²) in [6, 6.07) is 3.83. The molecule has 2 aromatic heterocycles. The van der Waals surface area contributed by atoms with Crippen molar-refractivity contribution in [2.45, 2.75) is 19.8 Å². The molecule has 0 spiro atoms. The van der Waals surface area contributed by atoms with Crippen molar-refractivity contribution in [3.8, 4) is 17.1 Å². The van der Waals surface area contributed by atoms with Crippen molar-refractivity contribution >= 4 is 11.7 Å². The van der Waals surface area contributed by atoms with Crippen LogP contribution in [0.4, 0.5) is 0 Å². The Morgan fingerprint density at radius 3 is 3.06 bits per heavy atom. The van der Waals surface area contributed by atoms with E-state index in [2.05, 4.69) is 20.7 Å². The minimum atomic E-state index is 0.617. The normalized spacial score (nSPS) is 10.3. The van der Waals surface area contributed by atoms with Crippen LogP contribution in [0.2, 0.25) is 0 Å². The topological polar surface area (TPSA) is 47.9 Å². The molecule has 0 amide bonds. The molecule has 4 nitrogen and oxygen atoms in total. The quantitative estimate of drug-likeness (QED) is 0.748. The molecule has 0 fully saturated rings. The summed E-state index contributed by atoms with van der Waals surface area (Å²) in [7, 11) is 0. The molecule has 2 aromatic rings. The molecule has 0 aliphatic rings. The van der Waals surface area contributed by atoms with Gasteiger partial charge in [0.15, 0.2) is 0 Å². The van der Waals surface area contributed by atoms with Crippen molar-refractivity contribution in [1.82, 2.24) is 13.7 Å². The molecule has 0 aliphatic heterocycles. The Hall–Kier alpha value is -1.49. The van der Waals surface area contributed by atoms with Gasteiger partial charge in [-0.15, -0.1) is 4.37 Å². The third kappa shape index (κ3) is 2.55. The Labute approximate surface area is 98.6 Å². The molecule has 0 aliphatic carbocycles. The third-order valence-electron chi connectivity index (χ3n) is 2.13. The Morgan fingerprint density at radius 2 is 2.31 bits per heavy atom. The van der Waals surface area contributed by atoms with Gasteiger partial charge in [0.1, 0.15) is 5.69 Å². The highest BCUT2D eigenvalue weighted by molar-refractivity contribution is 6.99. The molecule has 0 aromatic carbocycles. The predicted octanol–water partition coefficient (Wildman–Crippen LogP) is 2.78. The van der Waals surface area contributed by atoms with E-state index in [1.54, 1.807) is 12.4 Å². The van der Waals surface area contributed by atoms with Gasteiger partial charge in [0, 0.05) is 18.0 Å². The summed E-state index contributed by atoms with van der Waals surface area (Å²) < 4.78 is 14.0. The first-order chi connectivity index (χ1) is 7.92. The smallest absolute Gasteiger partial charge is 0.254 e. The zero-order chi connectivity index (χ0) is 11.2. The van der Waals surface area contributed by atoms with Crippen LogP contribution < -0.4 is 4.74 Å². The standard InChI is InChI=1S/C11H13N3OS/c1-2-3-7-15-11-10(13-16-14-11)9-5-4-6-12-8-9/h4-6,8H,2-3,7H2,1H3. The average Bonchev–Trinajstić information content (AvgIpc) is 2.79. The number of hydrogen-bond acceptors (Lipinski definition) is 5. The van der Waals surface area contributed by atoms with Crippen LogP contribution in [-0.4, -0.2) is 20.3 Å². The zero-order valence-corrected chi connectivity index (χ0v) is 9.91. The van der Waals surface area contributed by atoms with Crippen molar-refractivity contribution in [2.24, 2.45) is 0 Å². The monoisotopic (exact) mass is 235 g/mol. The molecule has 0 saturated heterocycles. The average molecular weight is 235 g/mol. The summed E-state index contributed by atoms with van der Waals surface area (Å²) >= 11 is 1.17. The van der Waals surface area contributed by atoms with Crippen LogP contribution in [0, 0.1) is 0 Å². The zero-order valence-electron chi connectivity index (χ0n) is 9.09. The number of pyridine rings is 1. The van der Waals surface area contributed by atoms with Crippen LogP contribution in [0.1, 0.15) is 19.8 Å². The molecular weight excluding hydrogens is 222 g/mol. The van der Waals surface area contributed by atoms with Gasteiger partial charge in [0.25, 0.3) is 5.88 Å². The fourth-order valence-corrected chi connectivity index (χ4v) is 1.79. The number of rotatable bonds is 5. The molecule has 0 atom stereocenters. The molecule has 0 saturated carbocycles. The summed E-state index contributed by atoms with van der Waals surface area (Å²) in [5, 5.41) is 0. The maximum atomic E-state index is 5.58. The van der Waals surface area contributed by atoms with Crippen LogP contribution in [0.25, 0.3) is 11.3 Å². The lowest BCUT2D eigenvalue weighted by Crippen LogP contribution is -1.98. The summed E-state index contributed by atoms with van der Waals surface area (Å²) in [5.74, 6) is 0.617. The lowest BCUT2D eigenvalue weighted by Gasteiger charge is -2.03. The highest BCUT2D eigenvalue weighted by Crippen LogP contribution is 2.26. The Bertz CT molecular complexity index is 430. The van der Waals surface area contributed by atoms with Crippen LogP contribution in [0.15, 0.2) is 24.5 Å². The van der Waals surface area contributed by atoms with Crippen LogP contribution in [-0.2, 0) is 0 Å². The van der Waals surface area contributed by atoms with Crippen LogP contribution in [0.5, 0.6) is 5.88 Å². The van der Waals surface area contributed by atoms with E-state index in [9.17, 15) is 0 Å². The fraction of sp³-hybridized carbons (Fsp3) is 0.364. The summed E-state index contributed by atoms with van der Waals surface area (Å²) in [4.78, 5) is 4.06. The number of unbranched alkanes of at least 4 members (excludes halogenated alkanes) is 1. The van der Waals surface area contributed by atoms with Crippen molar-refractivity contribution < 1.29 is 4.74 Å². The molecule has 0 N–H and O–H groups in total. The molecule has 2 rings (SSSR count). The molecule has 2 heterocycles. The van der Waals surface area contributed by atoms with Gasteiger partial charge in [0.05, 0.1) is 18.3 Å². The van der Waals surface area contributed by atoms with E-state index in [1.807, 2.05) is 12.1 Å². The van der Waals surface area contributed by atoms with E-state index in [0.29, 0.717) is 12.5 Å². The van der Waals surface area contributed by atoms with E-state index in [4.69, 9.17) is 4.74 Å². The Kier molecular flexibility index (Phi) is 3.82. The largest absolute Gasteiger partial charge is 0.475 e. The molecule has 0 radical (unpaired) electrons. The van der Waals surface area contributed by atoms with Gasteiger partial charge < -0.3 is 4.74 Å². The maximum absolute atomic E-state index is 5.58. The molecular formula is C11H13N3OS. The second-order valence-electron chi connectivity index (χ2n) is 3.36. The van der Waals surface area contributed by atoms with Gasteiger partial charge in [-0.05, 0) is 18.6 Å². The molecule has 5 heteroatoms. The SMILES string of the molecule is CCCCOc1nsnc1-c1cccnc1. The van der Waals surface area contributed by atoms with Gasteiger partial charge in [-0.2, -0.15) is 4.37 Å². The fourth-order valence-electron chi connectivity index (χ4n) is 1.27. The van der Waals surface area contributed by atoms with Gasteiger partial charge in [-0.3, -0.25) is 4.98 Å². The van der Waals surface area contributed by atoms with Crippen molar-refractivity contribution in [1.29, 1.82) is 0 Å². The van der Waals surface area contributed by atoms with E-state index < -0.39 is 0 Å². The van der Waals surface area contributed by atoms with Gasteiger partial charge in [-0.1, -0.05) is 13.3 Å². The minimum absolute atomic E-state index is 0.617. The van der Waals surface area contributed by atoms with Crippen LogP contribution in [0.3, 0.4) is 0 Å². The van der Waals surface area contributed by atoms with E-state index in [-0.39, 0.29) is 0 Å². The first-order valence-electron chi connectivity index (χ1n) is 5.27. The van der Waals surface area contributed by atoms with E-state index >= 15 is 0 Å². The van der Waals surface area contributed by atoms with Gasteiger partial charge >= 0.3 is 0 Å². The van der Waals surface area contributed by atoms with Crippen molar-refractivity contribution in [3.63, 3.8) is 0 Å². The van der Waals surface area contributed by atoms with Crippen LogP contribution >= 0.6 is 11.7 Å². The molecule has 0 bridgehead atoms. The Balaban J connectivity index is 2.13.